The molecule has 5 nitrogen and oxygen atoms in total. The van der Waals surface area contributed by atoms with Crippen LogP contribution in [0.4, 0.5) is 0 Å². The largest absolute Gasteiger partial charge is 0.256 e. The fourth-order valence-corrected chi connectivity index (χ4v) is 8.16. The molecule has 0 saturated carbocycles. The Hall–Kier alpha value is -7.63. The Morgan fingerprint density at radius 1 is 0.433 bits per heavy atom. The molecule has 2 atom stereocenters. The van der Waals surface area contributed by atoms with Crippen LogP contribution in [-0.4, -0.2) is 24.9 Å². The molecule has 8 aromatic rings. The van der Waals surface area contributed by atoms with Crippen molar-refractivity contribution < 1.29 is 0 Å². The van der Waals surface area contributed by atoms with Gasteiger partial charge in [-0.3, -0.25) is 9.97 Å². The highest BCUT2D eigenvalue weighted by Crippen LogP contribution is 2.40. The van der Waals surface area contributed by atoms with Crippen LogP contribution in [0.5, 0.6) is 0 Å². The van der Waals surface area contributed by atoms with E-state index in [-0.39, 0.29) is 11.8 Å². The summed E-state index contributed by atoms with van der Waals surface area (Å²) in [7, 11) is 0. The van der Waals surface area contributed by atoms with Crippen molar-refractivity contribution in [1.29, 1.82) is 0 Å². The quantitative estimate of drug-likeness (QED) is 0.146. The van der Waals surface area contributed by atoms with Crippen LogP contribution >= 0.6 is 0 Å². The molecule has 2 aliphatic rings. The zero-order valence-corrected chi connectivity index (χ0v) is 33.0. The normalized spacial score (nSPS) is 16.1. The van der Waals surface area contributed by atoms with E-state index in [1.54, 1.807) is 0 Å². The number of allylic oxidation sites excluding steroid dienone is 8. The van der Waals surface area contributed by atoms with Gasteiger partial charge in [-0.2, -0.15) is 0 Å². The minimum absolute atomic E-state index is 0.104. The Kier molecular flexibility index (Phi) is 10.2. The monoisotopic (exact) mass is 771 g/mol. The molecule has 3 aromatic heterocycles. The van der Waals surface area contributed by atoms with E-state index in [1.807, 2.05) is 60.9 Å². The van der Waals surface area contributed by atoms with Gasteiger partial charge in [0, 0.05) is 40.9 Å². The second kappa shape index (κ2) is 16.7. The summed E-state index contributed by atoms with van der Waals surface area (Å²) in [4.78, 5) is 25.1. The average molecular weight is 772 g/mol. The number of hydrogen-bond acceptors (Lipinski definition) is 5. The lowest BCUT2D eigenvalue weighted by Crippen LogP contribution is -2.11. The minimum atomic E-state index is -0.104. The lowest BCUT2D eigenvalue weighted by Gasteiger charge is -2.23. The first-order chi connectivity index (χ1) is 29.7. The lowest BCUT2D eigenvalue weighted by molar-refractivity contribution is 0.775. The van der Waals surface area contributed by atoms with Gasteiger partial charge >= 0.3 is 0 Å². The molecule has 3 heterocycles. The van der Waals surface area contributed by atoms with Gasteiger partial charge < -0.3 is 0 Å². The molecular weight excluding hydrogens is 731 g/mol. The van der Waals surface area contributed by atoms with Crippen LogP contribution in [0.2, 0.25) is 0 Å². The van der Waals surface area contributed by atoms with E-state index in [1.165, 1.54) is 16.7 Å². The number of benzene rings is 5. The summed E-state index contributed by atoms with van der Waals surface area (Å²) in [6.07, 6.45) is 16.8. The fourth-order valence-electron chi connectivity index (χ4n) is 8.16. The summed E-state index contributed by atoms with van der Waals surface area (Å²) in [6, 6.07) is 59.1. The fraction of sp³-hybridized carbons (Fsp3) is 0.0727. The minimum Gasteiger partial charge on any atom is -0.256 e. The summed E-state index contributed by atoms with van der Waals surface area (Å²) in [5.41, 5.74) is 14.3. The van der Waals surface area contributed by atoms with E-state index < -0.39 is 0 Å². The average Bonchev–Trinajstić information content (AvgIpc) is 3.35. The second-order valence-corrected chi connectivity index (χ2v) is 15.3. The van der Waals surface area contributed by atoms with Gasteiger partial charge in [0.15, 0.2) is 11.6 Å². The van der Waals surface area contributed by atoms with Gasteiger partial charge in [0.25, 0.3) is 0 Å². The van der Waals surface area contributed by atoms with Crippen molar-refractivity contribution >= 4 is 16.7 Å². The number of nitrogens with zero attached hydrogens (tertiary/aromatic N) is 5. The summed E-state index contributed by atoms with van der Waals surface area (Å²) in [5, 5.41) is 0. The van der Waals surface area contributed by atoms with Crippen LogP contribution in [0.1, 0.15) is 52.9 Å². The van der Waals surface area contributed by atoms with E-state index in [0.29, 0.717) is 11.6 Å². The first kappa shape index (κ1) is 36.7. The van der Waals surface area contributed by atoms with Gasteiger partial charge in [-0.15, -0.1) is 0 Å². The van der Waals surface area contributed by atoms with Gasteiger partial charge in [-0.1, -0.05) is 164 Å². The first-order valence-corrected chi connectivity index (χ1v) is 20.5. The van der Waals surface area contributed by atoms with Crippen molar-refractivity contribution in [3.8, 4) is 45.2 Å². The molecule has 0 fully saturated rings. The van der Waals surface area contributed by atoms with Crippen molar-refractivity contribution in [2.24, 2.45) is 0 Å². The number of aromatic nitrogens is 5. The summed E-state index contributed by atoms with van der Waals surface area (Å²) >= 11 is 0. The Bertz CT molecular complexity index is 2880. The molecule has 0 amide bonds. The molecule has 0 saturated heterocycles. The molecule has 0 aliphatic heterocycles. The Morgan fingerprint density at radius 3 is 1.68 bits per heavy atom. The zero-order valence-electron chi connectivity index (χ0n) is 33.0. The molecule has 60 heavy (non-hydrogen) atoms. The van der Waals surface area contributed by atoms with Crippen molar-refractivity contribution in [2.45, 2.75) is 24.7 Å². The van der Waals surface area contributed by atoms with E-state index in [9.17, 15) is 0 Å². The van der Waals surface area contributed by atoms with Gasteiger partial charge in [0.1, 0.15) is 5.82 Å². The second-order valence-electron chi connectivity index (χ2n) is 15.3. The lowest BCUT2D eigenvalue weighted by atomic mass is 9.84. The molecule has 5 aromatic carbocycles. The topological polar surface area (TPSA) is 64.5 Å². The molecule has 2 unspecified atom stereocenters. The highest BCUT2D eigenvalue weighted by atomic mass is 15.0. The number of hydrogen-bond donors (Lipinski definition) is 0. The molecule has 286 valence electrons. The van der Waals surface area contributed by atoms with Gasteiger partial charge in [0.2, 0.25) is 0 Å². The molecule has 0 bridgehead atoms. The van der Waals surface area contributed by atoms with Crippen molar-refractivity contribution in [3.63, 3.8) is 0 Å². The van der Waals surface area contributed by atoms with E-state index in [2.05, 4.69) is 162 Å². The van der Waals surface area contributed by atoms with E-state index >= 15 is 0 Å². The smallest absolute Gasteiger partial charge is 0.163 e. The predicted octanol–water partition coefficient (Wildman–Crippen LogP) is 13.1. The molecule has 0 radical (unpaired) electrons. The van der Waals surface area contributed by atoms with Crippen molar-refractivity contribution in [3.05, 3.63) is 241 Å². The van der Waals surface area contributed by atoms with E-state index in [0.717, 1.165) is 74.6 Å². The highest BCUT2D eigenvalue weighted by molar-refractivity contribution is 5.87. The molecular formula is C55H41N5. The van der Waals surface area contributed by atoms with E-state index in [4.69, 9.17) is 15.0 Å². The highest BCUT2D eigenvalue weighted by Gasteiger charge is 2.25. The van der Waals surface area contributed by atoms with Crippen LogP contribution in [0.15, 0.2) is 213 Å². The third kappa shape index (κ3) is 7.94. The first-order valence-electron chi connectivity index (χ1n) is 20.5. The van der Waals surface area contributed by atoms with Gasteiger partial charge in [0.05, 0.1) is 11.4 Å². The third-order valence-corrected chi connectivity index (χ3v) is 11.3. The number of pyridine rings is 2. The van der Waals surface area contributed by atoms with Crippen LogP contribution in [-0.2, 0) is 0 Å². The van der Waals surface area contributed by atoms with Crippen LogP contribution in [0, 0.1) is 0 Å². The number of rotatable bonds is 9. The Balaban J connectivity index is 1.09. The molecule has 5 heteroatoms. The molecule has 0 spiro atoms. The summed E-state index contributed by atoms with van der Waals surface area (Å²) in [6.45, 7) is 0. The predicted molar refractivity (Wildman–Crippen MR) is 244 cm³/mol. The van der Waals surface area contributed by atoms with Crippen LogP contribution < -0.4 is 0 Å². The molecule has 2 aliphatic carbocycles. The zero-order chi connectivity index (χ0) is 40.1. The maximum Gasteiger partial charge on any atom is 0.163 e. The standard InChI is InChI=1S/C55H41N5/c1-4-14-38(15-5-1)45-32-47(40-22-26-42(27-23-40)51-20-10-12-30-56-51)36-49(34-45)54-58-53(44-18-8-3-9-19-44)59-55(60-54)50-35-46(39-16-6-2-7-17-39)33-48(37-50)41-24-28-43(29-25-41)52-21-11-13-31-57-52/h1-24,26-33,35-37,41,49H,25,34H2. The van der Waals surface area contributed by atoms with Crippen LogP contribution in [0.3, 0.4) is 0 Å². The van der Waals surface area contributed by atoms with Crippen molar-refractivity contribution in [1.82, 2.24) is 24.9 Å². The Morgan fingerprint density at radius 2 is 1.03 bits per heavy atom. The Labute approximate surface area is 351 Å². The van der Waals surface area contributed by atoms with Gasteiger partial charge in [-0.25, -0.2) is 15.0 Å². The maximum absolute atomic E-state index is 5.40. The maximum atomic E-state index is 5.40. The summed E-state index contributed by atoms with van der Waals surface area (Å²) in [5.74, 6) is 2.14. The SMILES string of the molecule is C1=CC(c2cc(-c3ccccc3)cc(-c3nc(-c4ccccc4)nc(C4C=C(c5ccc(-c6ccccn6)cc5)C=C(c5ccccc5)C4)n3)c2)CC=C1c1ccccn1. The molecule has 0 N–H and O–H groups in total. The van der Waals surface area contributed by atoms with Gasteiger partial charge in [-0.05, 0) is 93.8 Å². The third-order valence-electron chi connectivity index (χ3n) is 11.3. The molecule has 10 rings (SSSR count). The van der Waals surface area contributed by atoms with Crippen molar-refractivity contribution in [2.75, 3.05) is 0 Å². The van der Waals surface area contributed by atoms with Crippen LogP contribution in [0.25, 0.3) is 61.9 Å². The summed E-state index contributed by atoms with van der Waals surface area (Å²) < 4.78 is 0.